The van der Waals surface area contributed by atoms with Gasteiger partial charge in [-0.3, -0.25) is 0 Å². The predicted molar refractivity (Wildman–Crippen MR) is 113 cm³/mol. The van der Waals surface area contributed by atoms with E-state index in [4.69, 9.17) is 0 Å². The molecule has 3 rings (SSSR count). The van der Waals surface area contributed by atoms with E-state index in [9.17, 15) is 13.2 Å². The van der Waals surface area contributed by atoms with Gasteiger partial charge in [-0.2, -0.15) is 0 Å². The number of hydrogen-bond acceptors (Lipinski definition) is 4. The molecule has 2 amide bonds. The van der Waals surface area contributed by atoms with Crippen LogP contribution in [0.3, 0.4) is 0 Å². The number of amides is 2. The highest BCUT2D eigenvalue weighted by molar-refractivity contribution is 7.90. The minimum Gasteiger partial charge on any atom is -0.307 e. The van der Waals surface area contributed by atoms with Gasteiger partial charge in [-0.05, 0) is 95.0 Å². The molecule has 0 saturated carbocycles. The van der Waals surface area contributed by atoms with E-state index in [2.05, 4.69) is 34.9 Å². The summed E-state index contributed by atoms with van der Waals surface area (Å²) in [5.41, 5.74) is 5.87. The fourth-order valence-electron chi connectivity index (χ4n) is 4.34. The van der Waals surface area contributed by atoms with Crippen molar-refractivity contribution in [3.8, 4) is 0 Å². The van der Waals surface area contributed by atoms with Crippen LogP contribution in [0.1, 0.15) is 62.3 Å². The lowest BCUT2D eigenvalue weighted by atomic mass is 9.99. The van der Waals surface area contributed by atoms with Crippen molar-refractivity contribution in [1.82, 2.24) is 9.62 Å². The van der Waals surface area contributed by atoms with Crippen molar-refractivity contribution in [2.24, 2.45) is 0 Å². The Balaban J connectivity index is 1.65. The second-order valence-corrected chi connectivity index (χ2v) is 10.3. The van der Waals surface area contributed by atoms with E-state index in [0.717, 1.165) is 44.2 Å². The average Bonchev–Trinajstić information content (AvgIpc) is 3.27. The zero-order valence-electron chi connectivity index (χ0n) is 17.5. The summed E-state index contributed by atoms with van der Waals surface area (Å²) in [6, 6.07) is 2.12. The second kappa shape index (κ2) is 8.41. The number of nitrogens with one attached hydrogen (secondary N) is 2. The average molecular weight is 408 g/mol. The Morgan fingerprint density at radius 3 is 2.18 bits per heavy atom. The first kappa shape index (κ1) is 21.1. The summed E-state index contributed by atoms with van der Waals surface area (Å²) in [5, 5.41) is 2.89. The van der Waals surface area contributed by atoms with Crippen LogP contribution in [-0.4, -0.2) is 44.2 Å². The van der Waals surface area contributed by atoms with E-state index in [0.29, 0.717) is 12.5 Å². The SMILES string of the molecule is CC(C)N(C)C(C)CCS(=O)(=O)NC(=O)Nc1c2c(cc3c1CCC3)CCC2. The maximum Gasteiger partial charge on any atom is 0.332 e. The molecule has 0 aliphatic heterocycles. The van der Waals surface area contributed by atoms with Gasteiger partial charge in [-0.1, -0.05) is 6.07 Å². The molecule has 1 unspecified atom stereocenters. The lowest BCUT2D eigenvalue weighted by Crippen LogP contribution is -2.40. The van der Waals surface area contributed by atoms with E-state index in [1.807, 2.05) is 14.0 Å². The number of sulfonamides is 1. The van der Waals surface area contributed by atoms with Crippen molar-refractivity contribution in [1.29, 1.82) is 0 Å². The minimum atomic E-state index is -3.67. The molecule has 1 atom stereocenters. The van der Waals surface area contributed by atoms with Crippen LogP contribution in [0.5, 0.6) is 0 Å². The van der Waals surface area contributed by atoms with Gasteiger partial charge >= 0.3 is 6.03 Å². The molecule has 0 radical (unpaired) electrons. The third-order valence-electron chi connectivity index (χ3n) is 6.27. The molecule has 28 heavy (non-hydrogen) atoms. The van der Waals surface area contributed by atoms with E-state index in [1.54, 1.807) is 0 Å². The molecule has 0 saturated heterocycles. The molecule has 156 valence electrons. The van der Waals surface area contributed by atoms with Crippen molar-refractivity contribution in [2.45, 2.75) is 77.8 Å². The number of nitrogens with zero attached hydrogens (tertiary/aromatic N) is 1. The van der Waals surface area contributed by atoms with Crippen LogP contribution in [-0.2, 0) is 35.7 Å². The first-order chi connectivity index (χ1) is 13.2. The number of anilines is 1. The number of fused-ring (bicyclic) bond motifs is 2. The number of benzene rings is 1. The fourth-order valence-corrected chi connectivity index (χ4v) is 5.42. The number of carbonyl (C=O) groups excluding carboxylic acids is 1. The highest BCUT2D eigenvalue weighted by Crippen LogP contribution is 2.38. The summed E-state index contributed by atoms with van der Waals surface area (Å²) in [7, 11) is -1.69. The predicted octanol–water partition coefficient (Wildman–Crippen LogP) is 3.23. The van der Waals surface area contributed by atoms with Crippen molar-refractivity contribution in [3.63, 3.8) is 0 Å². The first-order valence-corrected chi connectivity index (χ1v) is 12.0. The Morgan fingerprint density at radius 1 is 1.07 bits per heavy atom. The molecule has 1 aromatic carbocycles. The Kier molecular flexibility index (Phi) is 6.34. The van der Waals surface area contributed by atoms with E-state index < -0.39 is 16.1 Å². The third kappa shape index (κ3) is 4.69. The van der Waals surface area contributed by atoms with Crippen molar-refractivity contribution in [3.05, 3.63) is 28.3 Å². The van der Waals surface area contributed by atoms with E-state index in [1.165, 1.54) is 22.3 Å². The first-order valence-electron chi connectivity index (χ1n) is 10.4. The molecular weight excluding hydrogens is 374 g/mol. The largest absolute Gasteiger partial charge is 0.332 e. The smallest absolute Gasteiger partial charge is 0.307 e. The van der Waals surface area contributed by atoms with Gasteiger partial charge in [-0.15, -0.1) is 0 Å². The maximum atomic E-state index is 12.5. The van der Waals surface area contributed by atoms with E-state index >= 15 is 0 Å². The van der Waals surface area contributed by atoms with Gasteiger partial charge in [-0.25, -0.2) is 17.9 Å². The number of aryl methyl sites for hydroxylation is 2. The zero-order chi connectivity index (χ0) is 20.5. The van der Waals surface area contributed by atoms with Gasteiger partial charge in [0.05, 0.1) is 5.75 Å². The molecule has 0 heterocycles. The number of hydrogen-bond donors (Lipinski definition) is 2. The molecule has 2 aliphatic rings. The molecule has 2 N–H and O–H groups in total. The second-order valence-electron chi connectivity index (χ2n) is 8.51. The van der Waals surface area contributed by atoms with Crippen molar-refractivity contribution in [2.75, 3.05) is 18.1 Å². The highest BCUT2D eigenvalue weighted by atomic mass is 32.2. The standard InChI is InChI=1S/C21H33N3O3S/c1-14(2)24(4)15(3)11-12-28(26,27)23-21(25)22-20-18-9-5-7-16(18)13-17-8-6-10-19(17)20/h13-15H,5-12H2,1-4H3,(H2,22,23,25). The van der Waals surface area contributed by atoms with Gasteiger partial charge in [0.2, 0.25) is 10.0 Å². The molecular formula is C21H33N3O3S. The summed E-state index contributed by atoms with van der Waals surface area (Å²) >= 11 is 0. The Morgan fingerprint density at radius 2 is 1.64 bits per heavy atom. The summed E-state index contributed by atoms with van der Waals surface area (Å²) in [6.07, 6.45) is 6.64. The summed E-state index contributed by atoms with van der Waals surface area (Å²) in [5.74, 6) is -0.0658. The van der Waals surface area contributed by atoms with Crippen LogP contribution in [0.15, 0.2) is 6.07 Å². The van der Waals surface area contributed by atoms with Gasteiger partial charge in [0.15, 0.2) is 0 Å². The maximum absolute atomic E-state index is 12.5. The van der Waals surface area contributed by atoms with Crippen LogP contribution in [0.4, 0.5) is 10.5 Å². The summed E-state index contributed by atoms with van der Waals surface area (Å²) < 4.78 is 27.0. The van der Waals surface area contributed by atoms with Crippen LogP contribution in [0, 0.1) is 0 Å². The van der Waals surface area contributed by atoms with Gasteiger partial charge in [0, 0.05) is 17.8 Å². The van der Waals surface area contributed by atoms with Crippen molar-refractivity contribution >= 4 is 21.7 Å². The molecule has 6 nitrogen and oxygen atoms in total. The fraction of sp³-hybridized carbons (Fsp3) is 0.667. The van der Waals surface area contributed by atoms with Crippen LogP contribution in [0.2, 0.25) is 0 Å². The third-order valence-corrected chi connectivity index (χ3v) is 7.54. The van der Waals surface area contributed by atoms with E-state index in [-0.39, 0.29) is 11.8 Å². The Bertz CT molecular complexity index is 817. The van der Waals surface area contributed by atoms with Gasteiger partial charge < -0.3 is 10.2 Å². The van der Waals surface area contributed by atoms with Gasteiger partial charge in [0.25, 0.3) is 0 Å². The van der Waals surface area contributed by atoms with Crippen LogP contribution >= 0.6 is 0 Å². The number of rotatable bonds is 7. The molecule has 2 aliphatic carbocycles. The molecule has 1 aromatic rings. The molecule has 0 spiro atoms. The molecule has 0 bridgehead atoms. The molecule has 0 fully saturated rings. The quantitative estimate of drug-likeness (QED) is 0.727. The van der Waals surface area contributed by atoms with Gasteiger partial charge in [0.1, 0.15) is 0 Å². The summed E-state index contributed by atoms with van der Waals surface area (Å²) in [6.45, 7) is 6.16. The van der Waals surface area contributed by atoms with Crippen LogP contribution < -0.4 is 10.0 Å². The number of urea groups is 1. The summed E-state index contributed by atoms with van der Waals surface area (Å²) in [4.78, 5) is 14.6. The highest BCUT2D eigenvalue weighted by Gasteiger charge is 2.26. The Hall–Kier alpha value is -1.60. The number of carbonyl (C=O) groups is 1. The van der Waals surface area contributed by atoms with Crippen LogP contribution in [0.25, 0.3) is 0 Å². The van der Waals surface area contributed by atoms with Crippen molar-refractivity contribution < 1.29 is 13.2 Å². The minimum absolute atomic E-state index is 0.0658. The molecule has 7 heteroatoms. The normalized spacial score (nSPS) is 16.9. The monoisotopic (exact) mass is 407 g/mol. The molecule has 0 aromatic heterocycles. The Labute approximate surface area is 169 Å². The zero-order valence-corrected chi connectivity index (χ0v) is 18.3. The topological polar surface area (TPSA) is 78.5 Å². The lowest BCUT2D eigenvalue weighted by molar-refractivity contribution is 0.204. The lowest BCUT2D eigenvalue weighted by Gasteiger charge is -2.28.